The molecule has 0 amide bonds. The molecular weight excluding hydrogens is 415 g/mol. The third-order valence-electron chi connectivity index (χ3n) is 2.44. The van der Waals surface area contributed by atoms with Crippen molar-refractivity contribution in [1.82, 2.24) is 0 Å². The van der Waals surface area contributed by atoms with E-state index in [1.807, 2.05) is 0 Å². The van der Waals surface area contributed by atoms with E-state index in [0.717, 1.165) is 16.6 Å². The van der Waals surface area contributed by atoms with Crippen molar-refractivity contribution in [1.29, 1.82) is 0 Å². The summed E-state index contributed by atoms with van der Waals surface area (Å²) in [5, 5.41) is 0. The number of hydrogen-bond donors (Lipinski definition) is 2. The molecule has 8 heteroatoms. The number of rotatable bonds is 3. The summed E-state index contributed by atoms with van der Waals surface area (Å²) in [5.41, 5.74) is 5.79. The third kappa shape index (κ3) is 3.31. The van der Waals surface area contributed by atoms with Crippen molar-refractivity contribution < 1.29 is 12.8 Å². The van der Waals surface area contributed by atoms with Crippen LogP contribution in [-0.4, -0.2) is 8.42 Å². The summed E-state index contributed by atoms with van der Waals surface area (Å²) in [6, 6.07) is 8.67. The van der Waals surface area contributed by atoms with Crippen molar-refractivity contribution in [3.8, 4) is 0 Å². The Hall–Kier alpha value is -1.12. The summed E-state index contributed by atoms with van der Waals surface area (Å²) in [6.07, 6.45) is 0. The number of benzene rings is 2. The number of nitrogens with two attached hydrogens (primary N) is 1. The Bertz CT molecular complexity index is 749. The fraction of sp³-hybridized carbons (Fsp3) is 0. The Morgan fingerprint density at radius 2 is 1.70 bits per heavy atom. The standard InChI is InChI=1S/C12H9Br2FN2O2S/c13-7-1-3-8(4-2-7)17-20(18,19)12-5-9(14)10(15)6-11(12)16/h1-6,17H,16H2. The van der Waals surface area contributed by atoms with Gasteiger partial charge in [-0.3, -0.25) is 4.72 Å². The van der Waals surface area contributed by atoms with Crippen LogP contribution in [0, 0.1) is 5.82 Å². The van der Waals surface area contributed by atoms with Crippen LogP contribution in [0.2, 0.25) is 0 Å². The number of nitrogens with one attached hydrogen (secondary N) is 1. The molecule has 20 heavy (non-hydrogen) atoms. The molecule has 0 aliphatic heterocycles. The molecule has 106 valence electrons. The van der Waals surface area contributed by atoms with E-state index in [2.05, 4.69) is 36.6 Å². The normalized spacial score (nSPS) is 11.3. The van der Waals surface area contributed by atoms with Gasteiger partial charge < -0.3 is 5.73 Å². The van der Waals surface area contributed by atoms with Crippen molar-refractivity contribution in [3.05, 3.63) is 51.2 Å². The number of nitrogen functional groups attached to an aromatic ring is 1. The average molecular weight is 424 g/mol. The second kappa shape index (κ2) is 5.71. The van der Waals surface area contributed by atoms with Gasteiger partial charge in [-0.1, -0.05) is 15.9 Å². The largest absolute Gasteiger partial charge is 0.398 e. The molecule has 2 aromatic rings. The molecule has 0 aliphatic carbocycles. The summed E-state index contributed by atoms with van der Waals surface area (Å²) in [5.74, 6) is -0.620. The van der Waals surface area contributed by atoms with Gasteiger partial charge in [-0.2, -0.15) is 0 Å². The summed E-state index contributed by atoms with van der Waals surface area (Å²) in [7, 11) is -3.88. The minimum Gasteiger partial charge on any atom is -0.398 e. The van der Waals surface area contributed by atoms with Crippen molar-refractivity contribution in [2.45, 2.75) is 4.90 Å². The zero-order valence-electron chi connectivity index (χ0n) is 9.90. The van der Waals surface area contributed by atoms with Crippen LogP contribution in [0.5, 0.6) is 0 Å². The van der Waals surface area contributed by atoms with Crippen molar-refractivity contribution in [3.63, 3.8) is 0 Å². The van der Waals surface area contributed by atoms with Gasteiger partial charge in [-0.05, 0) is 52.3 Å². The lowest BCUT2D eigenvalue weighted by Gasteiger charge is -2.11. The highest BCUT2D eigenvalue weighted by molar-refractivity contribution is 9.10. The van der Waals surface area contributed by atoms with E-state index < -0.39 is 15.8 Å². The molecule has 0 fully saturated rings. The van der Waals surface area contributed by atoms with Gasteiger partial charge in [-0.15, -0.1) is 0 Å². The van der Waals surface area contributed by atoms with Gasteiger partial charge in [0.25, 0.3) is 10.0 Å². The first-order chi connectivity index (χ1) is 9.29. The Kier molecular flexibility index (Phi) is 4.36. The number of anilines is 2. The van der Waals surface area contributed by atoms with Gasteiger partial charge in [0.15, 0.2) is 0 Å². The lowest BCUT2D eigenvalue weighted by molar-refractivity contribution is 0.599. The third-order valence-corrected chi connectivity index (χ3v) is 5.01. The van der Waals surface area contributed by atoms with Crippen LogP contribution in [0.3, 0.4) is 0 Å². The second-order valence-corrected chi connectivity index (χ2v) is 7.34. The summed E-state index contributed by atoms with van der Waals surface area (Å²) in [6.45, 7) is 0. The van der Waals surface area contributed by atoms with Gasteiger partial charge >= 0.3 is 0 Å². The molecular formula is C12H9Br2FN2O2S. The molecule has 2 rings (SSSR count). The van der Waals surface area contributed by atoms with Crippen LogP contribution >= 0.6 is 31.9 Å². The Balaban J connectivity index is 2.40. The van der Waals surface area contributed by atoms with Gasteiger partial charge in [0.1, 0.15) is 10.7 Å². The first-order valence-electron chi connectivity index (χ1n) is 5.32. The van der Waals surface area contributed by atoms with E-state index in [-0.39, 0.29) is 15.1 Å². The first kappa shape index (κ1) is 15.3. The highest BCUT2D eigenvalue weighted by Gasteiger charge is 2.19. The number of sulfonamides is 1. The molecule has 0 spiro atoms. The van der Waals surface area contributed by atoms with E-state index in [0.29, 0.717) is 5.69 Å². The second-order valence-electron chi connectivity index (χ2n) is 3.92. The van der Waals surface area contributed by atoms with Gasteiger partial charge in [-0.25, -0.2) is 12.8 Å². The van der Waals surface area contributed by atoms with Gasteiger partial charge in [0.2, 0.25) is 0 Å². The van der Waals surface area contributed by atoms with Crippen LogP contribution < -0.4 is 10.5 Å². The monoisotopic (exact) mass is 422 g/mol. The van der Waals surface area contributed by atoms with E-state index in [1.54, 1.807) is 24.3 Å². The maximum absolute atomic E-state index is 13.3. The summed E-state index contributed by atoms with van der Waals surface area (Å²) >= 11 is 6.19. The summed E-state index contributed by atoms with van der Waals surface area (Å²) in [4.78, 5) is -0.186. The summed E-state index contributed by atoms with van der Waals surface area (Å²) < 4.78 is 41.0. The smallest absolute Gasteiger partial charge is 0.263 e. The van der Waals surface area contributed by atoms with Crippen molar-refractivity contribution in [2.75, 3.05) is 10.5 Å². The molecule has 0 aromatic heterocycles. The predicted octanol–water partition coefficient (Wildman–Crippen LogP) is 3.73. The molecule has 0 bridgehead atoms. The van der Waals surface area contributed by atoms with E-state index in [1.165, 1.54) is 0 Å². The fourth-order valence-corrected chi connectivity index (χ4v) is 3.46. The first-order valence-corrected chi connectivity index (χ1v) is 8.39. The minimum atomic E-state index is -3.88. The molecule has 0 heterocycles. The molecule has 0 saturated heterocycles. The molecule has 0 unspecified atom stereocenters. The van der Waals surface area contributed by atoms with Crippen LogP contribution in [0.1, 0.15) is 0 Å². The van der Waals surface area contributed by atoms with Crippen LogP contribution in [0.25, 0.3) is 0 Å². The van der Waals surface area contributed by atoms with E-state index in [4.69, 9.17) is 5.73 Å². The lowest BCUT2D eigenvalue weighted by atomic mass is 10.3. The minimum absolute atomic E-state index is 0.0304. The van der Waals surface area contributed by atoms with Crippen molar-refractivity contribution >= 4 is 53.3 Å². The Labute approximate surface area is 132 Å². The zero-order chi connectivity index (χ0) is 14.9. The Morgan fingerprint density at radius 3 is 2.30 bits per heavy atom. The maximum atomic E-state index is 13.3. The van der Waals surface area contributed by atoms with Gasteiger partial charge in [0, 0.05) is 10.2 Å². The van der Waals surface area contributed by atoms with E-state index in [9.17, 15) is 12.8 Å². The van der Waals surface area contributed by atoms with E-state index >= 15 is 0 Å². The molecule has 0 atom stereocenters. The number of halogens is 3. The highest BCUT2D eigenvalue weighted by Crippen LogP contribution is 2.28. The number of hydrogen-bond acceptors (Lipinski definition) is 3. The fourth-order valence-electron chi connectivity index (χ4n) is 1.50. The average Bonchev–Trinajstić information content (AvgIpc) is 2.36. The highest BCUT2D eigenvalue weighted by atomic mass is 79.9. The molecule has 0 aliphatic rings. The van der Waals surface area contributed by atoms with Crippen LogP contribution in [0.4, 0.5) is 15.8 Å². The SMILES string of the molecule is Nc1cc(F)c(Br)cc1S(=O)(=O)Nc1ccc(Br)cc1. The molecule has 2 aromatic carbocycles. The quantitative estimate of drug-likeness (QED) is 0.738. The molecule has 4 nitrogen and oxygen atoms in total. The van der Waals surface area contributed by atoms with Gasteiger partial charge in [0.05, 0.1) is 10.2 Å². The predicted molar refractivity (Wildman–Crippen MR) is 83.5 cm³/mol. The topological polar surface area (TPSA) is 72.2 Å². The van der Waals surface area contributed by atoms with Crippen molar-refractivity contribution in [2.24, 2.45) is 0 Å². The lowest BCUT2D eigenvalue weighted by Crippen LogP contribution is -2.15. The maximum Gasteiger partial charge on any atom is 0.263 e. The zero-order valence-corrected chi connectivity index (χ0v) is 13.9. The molecule has 0 radical (unpaired) electrons. The molecule has 0 saturated carbocycles. The molecule has 3 N–H and O–H groups in total. The van der Waals surface area contributed by atoms with Crippen LogP contribution in [0.15, 0.2) is 50.2 Å². The Morgan fingerprint density at radius 1 is 1.10 bits per heavy atom. The van der Waals surface area contributed by atoms with Crippen LogP contribution in [-0.2, 0) is 10.0 Å².